The van der Waals surface area contributed by atoms with Crippen LogP contribution in [-0.2, 0) is 0 Å². The Morgan fingerprint density at radius 1 is 1.36 bits per heavy atom. The second-order valence-electron chi connectivity index (χ2n) is 2.84. The Balaban J connectivity index is 2.55. The summed E-state index contributed by atoms with van der Waals surface area (Å²) in [5.41, 5.74) is 2.35. The highest BCUT2D eigenvalue weighted by molar-refractivity contribution is 14.1. The fraction of sp³-hybridized carbons (Fsp3) is 0.111. The molecule has 0 aliphatic heterocycles. The van der Waals surface area contributed by atoms with E-state index in [-0.39, 0.29) is 0 Å². The molecule has 0 aliphatic rings. The summed E-state index contributed by atoms with van der Waals surface area (Å²) in [6, 6.07) is 6.22. The normalized spacial score (nSPS) is 10.5. The third-order valence-corrected chi connectivity index (χ3v) is 4.07. The van der Waals surface area contributed by atoms with Crippen LogP contribution in [0.25, 0.3) is 10.6 Å². The highest BCUT2D eigenvalue weighted by Gasteiger charge is 2.08. The monoisotopic (exact) mass is 380 g/mol. The molecule has 0 saturated carbocycles. The zero-order valence-electron chi connectivity index (χ0n) is 7.29. The van der Waals surface area contributed by atoms with Gasteiger partial charge in [0.2, 0.25) is 0 Å². The van der Waals surface area contributed by atoms with Gasteiger partial charge in [0.15, 0.2) is 3.01 Å². The van der Waals surface area contributed by atoms with E-state index in [0.29, 0.717) is 0 Å². The summed E-state index contributed by atoms with van der Waals surface area (Å²) in [5, 5.41) is 9.08. The summed E-state index contributed by atoms with van der Waals surface area (Å²) in [6.45, 7) is 2.07. The maximum absolute atomic E-state index is 4.12. The summed E-state index contributed by atoms with van der Waals surface area (Å²) in [7, 11) is 0. The Kier molecular flexibility index (Phi) is 3.18. The van der Waals surface area contributed by atoms with Gasteiger partial charge in [-0.1, -0.05) is 38.9 Å². The van der Waals surface area contributed by atoms with E-state index in [1.807, 2.05) is 6.07 Å². The molecule has 72 valence electrons. The summed E-state index contributed by atoms with van der Waals surface area (Å²) in [4.78, 5) is 0. The number of nitrogens with zero attached hydrogens (tertiary/aromatic N) is 2. The molecule has 0 bridgehead atoms. The van der Waals surface area contributed by atoms with Crippen molar-refractivity contribution in [2.75, 3.05) is 0 Å². The quantitative estimate of drug-likeness (QED) is 0.701. The molecule has 0 fully saturated rings. The molecule has 0 radical (unpaired) electrons. The lowest BCUT2D eigenvalue weighted by Crippen LogP contribution is -1.81. The molecule has 2 rings (SSSR count). The molecule has 0 spiro atoms. The van der Waals surface area contributed by atoms with E-state index in [0.717, 1.165) is 18.1 Å². The highest BCUT2D eigenvalue weighted by atomic mass is 127. The van der Waals surface area contributed by atoms with Gasteiger partial charge in [-0.15, -0.1) is 10.2 Å². The predicted molar refractivity (Wildman–Crippen MR) is 70.5 cm³/mol. The molecule has 1 aromatic carbocycles. The van der Waals surface area contributed by atoms with E-state index in [4.69, 9.17) is 0 Å². The van der Waals surface area contributed by atoms with Crippen molar-refractivity contribution < 1.29 is 0 Å². The van der Waals surface area contributed by atoms with Gasteiger partial charge in [-0.25, -0.2) is 0 Å². The Morgan fingerprint density at radius 2 is 2.14 bits per heavy atom. The maximum Gasteiger partial charge on any atom is 0.178 e. The Morgan fingerprint density at radius 3 is 2.79 bits per heavy atom. The fourth-order valence-corrected chi connectivity index (χ4v) is 3.02. The van der Waals surface area contributed by atoms with Crippen LogP contribution in [0.5, 0.6) is 0 Å². The molecule has 1 heterocycles. The molecule has 0 unspecified atom stereocenters. The van der Waals surface area contributed by atoms with Gasteiger partial charge >= 0.3 is 0 Å². The minimum atomic E-state index is 0.963. The molecule has 0 saturated heterocycles. The Hall–Kier alpha value is -0.01000. The topological polar surface area (TPSA) is 25.8 Å². The van der Waals surface area contributed by atoms with Crippen molar-refractivity contribution >= 4 is 49.9 Å². The van der Waals surface area contributed by atoms with Crippen LogP contribution >= 0.6 is 49.9 Å². The van der Waals surface area contributed by atoms with E-state index in [1.165, 1.54) is 5.56 Å². The van der Waals surface area contributed by atoms with Crippen LogP contribution in [0.2, 0.25) is 0 Å². The number of hydrogen-bond acceptors (Lipinski definition) is 3. The van der Waals surface area contributed by atoms with Gasteiger partial charge < -0.3 is 0 Å². The standard InChI is InChI=1S/C9H6BrIN2S/c1-5-2-3-7(10)6(4-5)8-12-13-9(11)14-8/h2-4H,1H3. The number of aryl methyl sites for hydroxylation is 1. The zero-order valence-corrected chi connectivity index (χ0v) is 11.9. The minimum absolute atomic E-state index is 0.963. The first-order valence-electron chi connectivity index (χ1n) is 3.92. The van der Waals surface area contributed by atoms with Crippen LogP contribution in [0.4, 0.5) is 0 Å². The lowest BCUT2D eigenvalue weighted by molar-refractivity contribution is 1.07. The molecule has 0 atom stereocenters. The number of aromatic nitrogens is 2. The third-order valence-electron chi connectivity index (χ3n) is 1.75. The van der Waals surface area contributed by atoms with E-state index < -0.39 is 0 Å². The van der Waals surface area contributed by atoms with Crippen molar-refractivity contribution in [3.63, 3.8) is 0 Å². The first kappa shape index (κ1) is 10.5. The summed E-state index contributed by atoms with van der Waals surface area (Å²) >= 11 is 7.29. The third kappa shape index (κ3) is 2.14. The van der Waals surface area contributed by atoms with Gasteiger partial charge in [0.25, 0.3) is 0 Å². The molecule has 14 heavy (non-hydrogen) atoms. The van der Waals surface area contributed by atoms with Crippen LogP contribution in [0.3, 0.4) is 0 Å². The van der Waals surface area contributed by atoms with Crippen molar-refractivity contribution in [2.45, 2.75) is 6.92 Å². The van der Waals surface area contributed by atoms with Crippen LogP contribution in [0.1, 0.15) is 5.56 Å². The second kappa shape index (κ2) is 4.24. The first-order valence-corrected chi connectivity index (χ1v) is 6.61. The van der Waals surface area contributed by atoms with Crippen molar-refractivity contribution in [1.82, 2.24) is 10.2 Å². The van der Waals surface area contributed by atoms with Crippen LogP contribution < -0.4 is 0 Å². The molecular formula is C9H6BrIN2S. The summed E-state index contributed by atoms with van der Waals surface area (Å²) in [6.07, 6.45) is 0. The van der Waals surface area contributed by atoms with Crippen molar-refractivity contribution in [1.29, 1.82) is 0 Å². The summed E-state index contributed by atoms with van der Waals surface area (Å²) < 4.78 is 2.03. The molecule has 1 aromatic heterocycles. The molecule has 2 nitrogen and oxygen atoms in total. The van der Waals surface area contributed by atoms with E-state index >= 15 is 0 Å². The predicted octanol–water partition coefficient (Wildman–Crippen LogP) is 3.88. The smallest absolute Gasteiger partial charge is 0.137 e. The van der Waals surface area contributed by atoms with E-state index in [1.54, 1.807) is 11.3 Å². The van der Waals surface area contributed by atoms with Gasteiger partial charge in [-0.2, -0.15) is 0 Å². The first-order chi connectivity index (χ1) is 6.66. The van der Waals surface area contributed by atoms with E-state index in [9.17, 15) is 0 Å². The number of halogens is 2. The molecule has 5 heteroatoms. The van der Waals surface area contributed by atoms with Crippen molar-refractivity contribution in [3.8, 4) is 10.6 Å². The van der Waals surface area contributed by atoms with Gasteiger partial charge in [-0.05, 0) is 41.6 Å². The molecule has 0 N–H and O–H groups in total. The lowest BCUT2D eigenvalue weighted by Gasteiger charge is -2.00. The van der Waals surface area contributed by atoms with Crippen molar-refractivity contribution in [3.05, 3.63) is 31.2 Å². The highest BCUT2D eigenvalue weighted by Crippen LogP contribution is 2.31. The minimum Gasteiger partial charge on any atom is -0.137 e. The Bertz CT molecular complexity index is 470. The maximum atomic E-state index is 4.12. The van der Waals surface area contributed by atoms with Crippen LogP contribution in [-0.4, -0.2) is 10.2 Å². The van der Waals surface area contributed by atoms with E-state index in [2.05, 4.69) is 67.8 Å². The second-order valence-corrected chi connectivity index (χ2v) is 6.43. The fourth-order valence-electron chi connectivity index (χ4n) is 1.12. The van der Waals surface area contributed by atoms with Crippen molar-refractivity contribution in [2.24, 2.45) is 0 Å². The molecular weight excluding hydrogens is 375 g/mol. The van der Waals surface area contributed by atoms with Gasteiger partial charge in [0, 0.05) is 10.0 Å². The zero-order chi connectivity index (χ0) is 10.1. The molecule has 2 aromatic rings. The van der Waals surface area contributed by atoms with Gasteiger partial charge in [-0.3, -0.25) is 0 Å². The summed E-state index contributed by atoms with van der Waals surface area (Å²) in [5.74, 6) is 0. The SMILES string of the molecule is Cc1ccc(Br)c(-c2nnc(I)s2)c1. The number of rotatable bonds is 1. The van der Waals surface area contributed by atoms with Crippen LogP contribution in [0.15, 0.2) is 22.7 Å². The average Bonchev–Trinajstić information content (AvgIpc) is 2.56. The molecule has 0 amide bonds. The lowest BCUT2D eigenvalue weighted by atomic mass is 10.1. The Labute approximate surface area is 108 Å². The van der Waals surface area contributed by atoms with Crippen LogP contribution in [0, 0.1) is 9.94 Å². The number of benzene rings is 1. The van der Waals surface area contributed by atoms with Gasteiger partial charge in [0.05, 0.1) is 0 Å². The molecule has 0 aliphatic carbocycles. The number of hydrogen-bond donors (Lipinski definition) is 0. The largest absolute Gasteiger partial charge is 0.178 e. The van der Waals surface area contributed by atoms with Gasteiger partial charge in [0.1, 0.15) is 5.01 Å². The average molecular weight is 381 g/mol.